The van der Waals surface area contributed by atoms with Crippen molar-refractivity contribution in [1.29, 1.82) is 0 Å². The number of allylic oxidation sites excluding steroid dienone is 22. The van der Waals surface area contributed by atoms with Gasteiger partial charge in [-0.05, 0) is 128 Å². The second-order valence-electron chi connectivity index (χ2n) is 19.1. The van der Waals surface area contributed by atoms with Gasteiger partial charge < -0.3 is 14.2 Å². The van der Waals surface area contributed by atoms with E-state index in [4.69, 9.17) is 14.2 Å². The molecule has 73 heavy (non-hydrogen) atoms. The van der Waals surface area contributed by atoms with Gasteiger partial charge in [0.2, 0.25) is 0 Å². The molecule has 0 rings (SSSR count). The first-order valence-corrected chi connectivity index (χ1v) is 29.7. The van der Waals surface area contributed by atoms with Crippen molar-refractivity contribution in [3.8, 4) is 0 Å². The zero-order valence-electron chi connectivity index (χ0n) is 47.1. The van der Waals surface area contributed by atoms with Gasteiger partial charge in [0.15, 0.2) is 6.10 Å². The number of hydrogen-bond acceptors (Lipinski definition) is 6. The minimum Gasteiger partial charge on any atom is -0.462 e. The van der Waals surface area contributed by atoms with E-state index in [1.165, 1.54) is 57.8 Å². The first-order valence-electron chi connectivity index (χ1n) is 29.7. The number of esters is 3. The summed E-state index contributed by atoms with van der Waals surface area (Å²) in [6.07, 6.45) is 84.4. The average Bonchev–Trinajstić information content (AvgIpc) is 3.39. The summed E-state index contributed by atoms with van der Waals surface area (Å²) in [5, 5.41) is 0. The number of ether oxygens (including phenoxy) is 3. The third-order valence-corrected chi connectivity index (χ3v) is 12.1. The molecule has 0 aromatic heterocycles. The van der Waals surface area contributed by atoms with E-state index in [0.717, 1.165) is 154 Å². The van der Waals surface area contributed by atoms with Crippen LogP contribution in [0.1, 0.15) is 252 Å². The SMILES string of the molecule is CC/C=C\C/C=C\C/C=C\C/C=C\CCCCCCCCCCC(=O)OCC(COC(=O)CCCCCCCCC/C=C\C/C=C\C/C=C\CC)OC(=O)CCCCCC/C=C\C/C=C\C/C=C\C/C=C\CC. The molecule has 0 aromatic rings. The highest BCUT2D eigenvalue weighted by Crippen LogP contribution is 2.14. The summed E-state index contributed by atoms with van der Waals surface area (Å²) in [5.74, 6) is -0.942. The molecule has 0 amide bonds. The Kier molecular flexibility index (Phi) is 56.4. The molecular formula is C67H108O6. The molecule has 0 saturated heterocycles. The van der Waals surface area contributed by atoms with Crippen LogP contribution in [-0.2, 0) is 28.6 Å². The van der Waals surface area contributed by atoms with E-state index in [1.54, 1.807) is 0 Å². The molecule has 0 saturated carbocycles. The zero-order chi connectivity index (χ0) is 52.9. The van der Waals surface area contributed by atoms with Crippen LogP contribution in [0, 0.1) is 0 Å². The number of rotatable bonds is 52. The first kappa shape index (κ1) is 68.6. The van der Waals surface area contributed by atoms with Crippen molar-refractivity contribution in [2.45, 2.75) is 258 Å². The van der Waals surface area contributed by atoms with E-state index >= 15 is 0 Å². The van der Waals surface area contributed by atoms with Gasteiger partial charge in [-0.1, -0.05) is 238 Å². The van der Waals surface area contributed by atoms with Crippen molar-refractivity contribution in [3.05, 3.63) is 134 Å². The molecule has 0 bridgehead atoms. The summed E-state index contributed by atoms with van der Waals surface area (Å²) in [5.41, 5.74) is 0. The number of carbonyl (C=O) groups excluding carboxylic acids is 3. The Balaban J connectivity index is 4.47. The summed E-state index contributed by atoms with van der Waals surface area (Å²) in [7, 11) is 0. The van der Waals surface area contributed by atoms with Crippen LogP contribution in [-0.4, -0.2) is 37.2 Å². The summed E-state index contributed by atoms with van der Waals surface area (Å²) in [6.45, 7) is 6.27. The lowest BCUT2D eigenvalue weighted by Crippen LogP contribution is -2.30. The molecule has 0 aromatic carbocycles. The van der Waals surface area contributed by atoms with E-state index in [0.29, 0.717) is 19.3 Å². The standard InChI is InChI=1S/C67H108O6/c1-4-7-10-13-16-19-22-25-28-31-32-33-34-37-39-42-45-48-51-54-57-60-66(69)72-63-64(73-67(70)61-58-55-52-49-46-43-40-36-30-27-24-21-18-15-12-9-6-3)62-71-65(68)59-56-53-50-47-44-41-38-35-29-26-23-20-17-14-11-8-5-2/h7-12,16-21,25-30,32-33,40,43,64H,4-6,13-15,22-24,31,34-39,41-42,44-63H2,1-3H3/b10-7-,11-8-,12-9-,19-16-,20-17-,21-18-,28-25-,29-26-,30-27-,33-32-,43-40-. The van der Waals surface area contributed by atoms with Gasteiger partial charge >= 0.3 is 17.9 Å². The maximum Gasteiger partial charge on any atom is 0.306 e. The molecule has 6 heteroatoms. The highest BCUT2D eigenvalue weighted by Gasteiger charge is 2.19. The second-order valence-corrected chi connectivity index (χ2v) is 19.1. The van der Waals surface area contributed by atoms with Crippen LogP contribution >= 0.6 is 0 Å². The van der Waals surface area contributed by atoms with Crippen molar-refractivity contribution in [2.75, 3.05) is 13.2 Å². The summed E-state index contributed by atoms with van der Waals surface area (Å²) in [6, 6.07) is 0. The number of hydrogen-bond donors (Lipinski definition) is 0. The Bertz CT molecular complexity index is 1580. The molecule has 0 N–H and O–H groups in total. The van der Waals surface area contributed by atoms with Crippen molar-refractivity contribution >= 4 is 17.9 Å². The predicted molar refractivity (Wildman–Crippen MR) is 316 cm³/mol. The van der Waals surface area contributed by atoms with Gasteiger partial charge in [-0.25, -0.2) is 0 Å². The molecular weight excluding hydrogens is 901 g/mol. The predicted octanol–water partition coefficient (Wildman–Crippen LogP) is 20.2. The van der Waals surface area contributed by atoms with E-state index in [-0.39, 0.29) is 31.1 Å². The maximum absolute atomic E-state index is 12.9. The molecule has 0 aliphatic rings. The average molecular weight is 1010 g/mol. The first-order chi connectivity index (χ1) is 36.0. The van der Waals surface area contributed by atoms with Crippen LogP contribution in [0.15, 0.2) is 134 Å². The summed E-state index contributed by atoms with van der Waals surface area (Å²) < 4.78 is 16.9. The lowest BCUT2D eigenvalue weighted by molar-refractivity contribution is -0.167. The molecule has 0 aliphatic carbocycles. The van der Waals surface area contributed by atoms with E-state index < -0.39 is 6.10 Å². The molecule has 1 atom stereocenters. The Labute approximate surface area is 449 Å². The molecule has 6 nitrogen and oxygen atoms in total. The Morgan fingerprint density at radius 2 is 0.493 bits per heavy atom. The van der Waals surface area contributed by atoms with Gasteiger partial charge in [0, 0.05) is 19.3 Å². The van der Waals surface area contributed by atoms with Crippen LogP contribution in [0.2, 0.25) is 0 Å². The van der Waals surface area contributed by atoms with E-state index in [1.807, 2.05) is 0 Å². The lowest BCUT2D eigenvalue weighted by Gasteiger charge is -2.18. The number of unbranched alkanes of at least 4 members (excludes halogenated alkanes) is 19. The Morgan fingerprint density at radius 3 is 0.767 bits per heavy atom. The third kappa shape index (κ3) is 58.3. The topological polar surface area (TPSA) is 78.9 Å². The fourth-order valence-electron chi connectivity index (χ4n) is 7.79. The van der Waals surface area contributed by atoms with Crippen molar-refractivity contribution in [2.24, 2.45) is 0 Å². The van der Waals surface area contributed by atoms with Crippen molar-refractivity contribution in [3.63, 3.8) is 0 Å². The van der Waals surface area contributed by atoms with Crippen LogP contribution in [0.4, 0.5) is 0 Å². The van der Waals surface area contributed by atoms with Crippen molar-refractivity contribution in [1.82, 2.24) is 0 Å². The molecule has 0 spiro atoms. The Hall–Kier alpha value is -4.45. The van der Waals surface area contributed by atoms with Gasteiger partial charge in [0.05, 0.1) is 0 Å². The quantitative estimate of drug-likeness (QED) is 0.0261. The van der Waals surface area contributed by atoms with Gasteiger partial charge in [-0.3, -0.25) is 14.4 Å². The third-order valence-electron chi connectivity index (χ3n) is 12.1. The molecule has 0 radical (unpaired) electrons. The van der Waals surface area contributed by atoms with Gasteiger partial charge in [0.25, 0.3) is 0 Å². The van der Waals surface area contributed by atoms with E-state index in [9.17, 15) is 14.4 Å². The molecule has 0 aliphatic heterocycles. The van der Waals surface area contributed by atoms with Gasteiger partial charge in [-0.15, -0.1) is 0 Å². The monoisotopic (exact) mass is 1010 g/mol. The normalized spacial score (nSPS) is 13.1. The van der Waals surface area contributed by atoms with Crippen LogP contribution in [0.25, 0.3) is 0 Å². The van der Waals surface area contributed by atoms with Crippen LogP contribution in [0.5, 0.6) is 0 Å². The maximum atomic E-state index is 12.9. The fraction of sp³-hybridized carbons (Fsp3) is 0.627. The minimum atomic E-state index is -0.805. The highest BCUT2D eigenvalue weighted by molar-refractivity contribution is 5.71. The molecule has 0 heterocycles. The Morgan fingerprint density at radius 1 is 0.274 bits per heavy atom. The number of carbonyl (C=O) groups is 3. The largest absolute Gasteiger partial charge is 0.462 e. The molecule has 1 unspecified atom stereocenters. The highest BCUT2D eigenvalue weighted by atomic mass is 16.6. The lowest BCUT2D eigenvalue weighted by atomic mass is 10.1. The summed E-state index contributed by atoms with van der Waals surface area (Å²) in [4.78, 5) is 38.3. The van der Waals surface area contributed by atoms with E-state index in [2.05, 4.69) is 154 Å². The smallest absolute Gasteiger partial charge is 0.306 e. The molecule has 412 valence electrons. The summed E-state index contributed by atoms with van der Waals surface area (Å²) >= 11 is 0. The molecule has 0 fully saturated rings. The van der Waals surface area contributed by atoms with Crippen LogP contribution in [0.3, 0.4) is 0 Å². The van der Waals surface area contributed by atoms with Crippen molar-refractivity contribution < 1.29 is 28.6 Å². The zero-order valence-corrected chi connectivity index (χ0v) is 47.1. The minimum absolute atomic E-state index is 0.0998. The van der Waals surface area contributed by atoms with Gasteiger partial charge in [-0.2, -0.15) is 0 Å². The second kappa shape index (κ2) is 60.1. The van der Waals surface area contributed by atoms with Crippen LogP contribution < -0.4 is 0 Å². The van der Waals surface area contributed by atoms with Gasteiger partial charge in [0.1, 0.15) is 13.2 Å². The fourth-order valence-corrected chi connectivity index (χ4v) is 7.79.